The van der Waals surface area contributed by atoms with Crippen LogP contribution in [0.2, 0.25) is 0 Å². The molecule has 0 aliphatic rings. The molecule has 0 aliphatic heterocycles. The maximum absolute atomic E-state index is 5.62. The lowest BCUT2D eigenvalue weighted by atomic mass is 10.1. The van der Waals surface area contributed by atoms with Crippen LogP contribution in [0.4, 0.5) is 0 Å². The summed E-state index contributed by atoms with van der Waals surface area (Å²) in [5.74, 6) is 0. The van der Waals surface area contributed by atoms with Crippen molar-refractivity contribution in [3.8, 4) is 0 Å². The third-order valence-corrected chi connectivity index (χ3v) is 3.09. The highest BCUT2D eigenvalue weighted by molar-refractivity contribution is 5.11. The highest BCUT2D eigenvalue weighted by Crippen LogP contribution is 2.07. The van der Waals surface area contributed by atoms with Gasteiger partial charge in [-0.3, -0.25) is 4.68 Å². The van der Waals surface area contributed by atoms with Crippen LogP contribution in [0.1, 0.15) is 25.2 Å². The van der Waals surface area contributed by atoms with Crippen LogP contribution in [-0.4, -0.2) is 49.3 Å². The highest BCUT2D eigenvalue weighted by Gasteiger charge is 2.12. The number of hydrogen-bond acceptors (Lipinski definition) is 4. The van der Waals surface area contributed by atoms with Gasteiger partial charge in [-0.15, -0.1) is 0 Å². The molecule has 1 N–H and O–H groups in total. The van der Waals surface area contributed by atoms with Crippen LogP contribution in [0, 0.1) is 0 Å². The summed E-state index contributed by atoms with van der Waals surface area (Å²) in [5, 5.41) is 7.94. The van der Waals surface area contributed by atoms with Gasteiger partial charge in [-0.1, -0.05) is 13.8 Å². The fourth-order valence-electron chi connectivity index (χ4n) is 2.03. The molecule has 1 heterocycles. The summed E-state index contributed by atoms with van der Waals surface area (Å²) in [6, 6.07) is 2.50. The van der Waals surface area contributed by atoms with E-state index in [-0.39, 0.29) is 0 Å². The number of aryl methyl sites for hydroxylation is 2. The van der Waals surface area contributed by atoms with Crippen molar-refractivity contribution in [2.45, 2.75) is 32.7 Å². The summed E-state index contributed by atoms with van der Waals surface area (Å²) in [6.45, 7) is 7.17. The van der Waals surface area contributed by atoms with Gasteiger partial charge in [0.1, 0.15) is 0 Å². The Morgan fingerprint density at radius 1 is 1.37 bits per heavy atom. The zero-order valence-electron chi connectivity index (χ0n) is 12.6. The van der Waals surface area contributed by atoms with Crippen LogP contribution >= 0.6 is 0 Å². The lowest BCUT2D eigenvalue weighted by molar-refractivity contribution is 0.0587. The summed E-state index contributed by atoms with van der Waals surface area (Å²) in [4.78, 5) is 0. The first-order chi connectivity index (χ1) is 9.21. The fourth-order valence-corrected chi connectivity index (χ4v) is 2.03. The second-order valence-corrected chi connectivity index (χ2v) is 4.63. The van der Waals surface area contributed by atoms with Gasteiger partial charge in [-0.25, -0.2) is 0 Å². The standard InChI is InChI=1S/C14H27N3O2/c1-5-12-9-14(17(3)16-12)10-13(15-6-2)11-19-8-7-18-4/h9,13,15H,5-8,10-11H2,1-4H3. The minimum absolute atomic E-state index is 0.321. The lowest BCUT2D eigenvalue weighted by Gasteiger charge is -2.18. The smallest absolute Gasteiger partial charge is 0.0701 e. The van der Waals surface area contributed by atoms with Crippen molar-refractivity contribution in [3.63, 3.8) is 0 Å². The molecule has 1 atom stereocenters. The van der Waals surface area contributed by atoms with Crippen molar-refractivity contribution >= 4 is 0 Å². The van der Waals surface area contributed by atoms with E-state index in [1.807, 2.05) is 11.7 Å². The van der Waals surface area contributed by atoms with E-state index in [0.717, 1.165) is 25.1 Å². The Balaban J connectivity index is 2.49. The first-order valence-corrected chi connectivity index (χ1v) is 7.03. The minimum atomic E-state index is 0.321. The van der Waals surface area contributed by atoms with Gasteiger partial charge in [0, 0.05) is 32.3 Å². The van der Waals surface area contributed by atoms with Gasteiger partial charge in [-0.05, 0) is 19.0 Å². The Morgan fingerprint density at radius 2 is 2.16 bits per heavy atom. The molecular formula is C14H27N3O2. The SMILES string of the molecule is CCNC(COCCOC)Cc1cc(CC)nn1C. The molecule has 0 aliphatic carbocycles. The molecule has 110 valence electrons. The number of aromatic nitrogens is 2. The zero-order valence-corrected chi connectivity index (χ0v) is 12.6. The van der Waals surface area contributed by atoms with Crippen molar-refractivity contribution in [2.24, 2.45) is 7.05 Å². The molecule has 1 unspecified atom stereocenters. The number of nitrogens with zero attached hydrogens (tertiary/aromatic N) is 2. The van der Waals surface area contributed by atoms with Crippen LogP contribution in [0.3, 0.4) is 0 Å². The van der Waals surface area contributed by atoms with E-state index in [1.54, 1.807) is 7.11 Å². The molecule has 0 amide bonds. The van der Waals surface area contributed by atoms with E-state index in [4.69, 9.17) is 9.47 Å². The van der Waals surface area contributed by atoms with E-state index in [9.17, 15) is 0 Å². The largest absolute Gasteiger partial charge is 0.382 e. The Bertz CT molecular complexity index is 352. The minimum Gasteiger partial charge on any atom is -0.382 e. The van der Waals surface area contributed by atoms with Crippen LogP contribution in [-0.2, 0) is 29.4 Å². The molecule has 1 aromatic heterocycles. The molecule has 0 aromatic carbocycles. The normalized spacial score (nSPS) is 12.8. The summed E-state index contributed by atoms with van der Waals surface area (Å²) in [5.41, 5.74) is 2.39. The molecular weight excluding hydrogens is 242 g/mol. The number of hydrogen-bond donors (Lipinski definition) is 1. The van der Waals surface area contributed by atoms with E-state index >= 15 is 0 Å². The van der Waals surface area contributed by atoms with Gasteiger partial charge in [0.15, 0.2) is 0 Å². The summed E-state index contributed by atoms with van der Waals surface area (Å²) in [6.07, 6.45) is 1.91. The molecule has 5 heteroatoms. The predicted molar refractivity (Wildman–Crippen MR) is 76.4 cm³/mol. The Morgan fingerprint density at radius 3 is 2.74 bits per heavy atom. The van der Waals surface area contributed by atoms with Crippen molar-refractivity contribution in [1.82, 2.24) is 15.1 Å². The molecule has 0 fully saturated rings. The molecule has 0 spiro atoms. The van der Waals surface area contributed by atoms with Gasteiger partial charge < -0.3 is 14.8 Å². The number of likely N-dealkylation sites (N-methyl/N-ethyl adjacent to an activating group) is 1. The second kappa shape index (κ2) is 9.07. The molecule has 0 bridgehead atoms. The maximum Gasteiger partial charge on any atom is 0.0701 e. The summed E-state index contributed by atoms with van der Waals surface area (Å²) in [7, 11) is 3.69. The third-order valence-electron chi connectivity index (χ3n) is 3.09. The van der Waals surface area contributed by atoms with E-state index < -0.39 is 0 Å². The molecule has 5 nitrogen and oxygen atoms in total. The number of nitrogens with one attached hydrogen (secondary N) is 1. The fraction of sp³-hybridized carbons (Fsp3) is 0.786. The monoisotopic (exact) mass is 269 g/mol. The Labute approximate surface area is 116 Å². The topological polar surface area (TPSA) is 48.3 Å². The zero-order chi connectivity index (χ0) is 14.1. The van der Waals surface area contributed by atoms with Crippen molar-refractivity contribution < 1.29 is 9.47 Å². The second-order valence-electron chi connectivity index (χ2n) is 4.63. The van der Waals surface area contributed by atoms with E-state index in [1.165, 1.54) is 5.69 Å². The van der Waals surface area contributed by atoms with Gasteiger partial charge in [0.25, 0.3) is 0 Å². The van der Waals surface area contributed by atoms with Crippen molar-refractivity contribution in [3.05, 3.63) is 17.5 Å². The molecule has 0 radical (unpaired) electrons. The lowest BCUT2D eigenvalue weighted by Crippen LogP contribution is -2.36. The maximum atomic E-state index is 5.62. The molecule has 0 saturated heterocycles. The quantitative estimate of drug-likeness (QED) is 0.648. The summed E-state index contributed by atoms with van der Waals surface area (Å²) < 4.78 is 12.6. The average Bonchev–Trinajstić information content (AvgIpc) is 2.75. The first-order valence-electron chi connectivity index (χ1n) is 7.03. The van der Waals surface area contributed by atoms with Crippen LogP contribution < -0.4 is 5.32 Å². The van der Waals surface area contributed by atoms with E-state index in [2.05, 4.69) is 30.3 Å². The van der Waals surface area contributed by atoms with Crippen LogP contribution in [0.15, 0.2) is 6.07 Å². The van der Waals surface area contributed by atoms with Gasteiger partial charge in [0.2, 0.25) is 0 Å². The molecule has 1 aromatic rings. The van der Waals surface area contributed by atoms with Gasteiger partial charge in [-0.2, -0.15) is 5.10 Å². The number of ether oxygens (including phenoxy) is 2. The van der Waals surface area contributed by atoms with Crippen LogP contribution in [0.25, 0.3) is 0 Å². The van der Waals surface area contributed by atoms with Gasteiger partial charge >= 0.3 is 0 Å². The first kappa shape index (κ1) is 16.1. The van der Waals surface area contributed by atoms with Crippen molar-refractivity contribution in [1.29, 1.82) is 0 Å². The average molecular weight is 269 g/mol. The number of rotatable bonds is 10. The van der Waals surface area contributed by atoms with Gasteiger partial charge in [0.05, 0.1) is 25.5 Å². The van der Waals surface area contributed by atoms with E-state index in [0.29, 0.717) is 25.9 Å². The summed E-state index contributed by atoms with van der Waals surface area (Å²) >= 11 is 0. The highest BCUT2D eigenvalue weighted by atomic mass is 16.5. The predicted octanol–water partition coefficient (Wildman–Crippen LogP) is 1.17. The molecule has 0 saturated carbocycles. The van der Waals surface area contributed by atoms with Crippen LogP contribution in [0.5, 0.6) is 0 Å². The molecule has 19 heavy (non-hydrogen) atoms. The van der Waals surface area contributed by atoms with Crippen molar-refractivity contribution in [2.75, 3.05) is 33.5 Å². The number of methoxy groups -OCH3 is 1. The Hall–Kier alpha value is -0.910. The molecule has 1 rings (SSSR count). The Kier molecular flexibility index (Phi) is 7.70. The third kappa shape index (κ3) is 5.72.